The zero-order valence-corrected chi connectivity index (χ0v) is 15.7. The molecule has 0 unspecified atom stereocenters. The standard InChI is InChI=1S/C13H21F3N3O3PS/c1-5-19(6-2)12-17-10(13(14,15)16)9-11(18-12)22-23(24,20-7-3)21-8-4/h9H,5-8H2,1-4H3. The Bertz CT molecular complexity index is 575. The van der Waals surface area contributed by atoms with Gasteiger partial charge in [0.1, 0.15) is 0 Å². The van der Waals surface area contributed by atoms with Crippen LogP contribution in [0.25, 0.3) is 0 Å². The Balaban J connectivity index is 3.30. The summed E-state index contributed by atoms with van der Waals surface area (Å²) in [6.07, 6.45) is -4.64. The molecular formula is C13H21F3N3O3PS. The molecule has 0 saturated heterocycles. The molecule has 0 fully saturated rings. The van der Waals surface area contributed by atoms with Gasteiger partial charge in [0.2, 0.25) is 11.8 Å². The van der Waals surface area contributed by atoms with Crippen LogP contribution in [0.5, 0.6) is 5.88 Å². The van der Waals surface area contributed by atoms with E-state index in [1.54, 1.807) is 32.6 Å². The fraction of sp³-hybridized carbons (Fsp3) is 0.692. The van der Waals surface area contributed by atoms with E-state index in [1.807, 2.05) is 0 Å². The Morgan fingerprint density at radius 2 is 1.62 bits per heavy atom. The number of aromatic nitrogens is 2. The molecule has 11 heteroatoms. The number of hydrogen-bond donors (Lipinski definition) is 0. The van der Waals surface area contributed by atoms with Crippen LogP contribution in [0.2, 0.25) is 0 Å². The number of hydrogen-bond acceptors (Lipinski definition) is 7. The molecule has 6 nitrogen and oxygen atoms in total. The number of anilines is 1. The minimum absolute atomic E-state index is 0.0839. The zero-order chi connectivity index (χ0) is 18.4. The highest BCUT2D eigenvalue weighted by Crippen LogP contribution is 2.49. The van der Waals surface area contributed by atoms with E-state index in [-0.39, 0.29) is 25.0 Å². The van der Waals surface area contributed by atoms with E-state index in [0.29, 0.717) is 19.2 Å². The van der Waals surface area contributed by atoms with Crippen LogP contribution in [0.4, 0.5) is 19.1 Å². The molecule has 0 bridgehead atoms. The number of nitrogens with zero attached hydrogens (tertiary/aromatic N) is 3. The van der Waals surface area contributed by atoms with E-state index in [0.717, 1.165) is 0 Å². The molecule has 0 aromatic carbocycles. The fourth-order valence-corrected chi connectivity index (χ4v) is 3.77. The van der Waals surface area contributed by atoms with Crippen LogP contribution in [-0.2, 0) is 27.0 Å². The lowest BCUT2D eigenvalue weighted by atomic mass is 10.4. The van der Waals surface area contributed by atoms with Gasteiger partial charge in [-0.25, -0.2) is 4.98 Å². The predicted molar refractivity (Wildman–Crippen MR) is 88.8 cm³/mol. The molecule has 0 aliphatic carbocycles. The monoisotopic (exact) mass is 387 g/mol. The zero-order valence-electron chi connectivity index (χ0n) is 14.0. The molecule has 0 atom stereocenters. The lowest BCUT2D eigenvalue weighted by molar-refractivity contribution is -0.141. The molecule has 0 saturated carbocycles. The average molecular weight is 387 g/mol. The van der Waals surface area contributed by atoms with Crippen LogP contribution < -0.4 is 9.42 Å². The Morgan fingerprint density at radius 3 is 2.04 bits per heavy atom. The highest BCUT2D eigenvalue weighted by Gasteiger charge is 2.35. The van der Waals surface area contributed by atoms with E-state index in [2.05, 4.69) is 9.97 Å². The summed E-state index contributed by atoms with van der Waals surface area (Å²) in [4.78, 5) is 9.18. The maximum Gasteiger partial charge on any atom is 0.433 e. The highest BCUT2D eigenvalue weighted by atomic mass is 32.5. The summed E-state index contributed by atoms with van der Waals surface area (Å²) in [5, 5.41) is 0. The quantitative estimate of drug-likeness (QED) is 0.593. The Kier molecular flexibility index (Phi) is 7.85. The van der Waals surface area contributed by atoms with Crippen LogP contribution in [0.15, 0.2) is 6.07 Å². The second-order valence-corrected chi connectivity index (χ2v) is 7.37. The predicted octanol–water partition coefficient (Wildman–Crippen LogP) is 4.02. The number of rotatable bonds is 9. The van der Waals surface area contributed by atoms with Crippen molar-refractivity contribution in [3.63, 3.8) is 0 Å². The number of halogens is 3. The van der Waals surface area contributed by atoms with Gasteiger partial charge in [-0.3, -0.25) is 9.05 Å². The third-order valence-electron chi connectivity index (χ3n) is 2.81. The minimum atomic E-state index is -4.64. The topological polar surface area (TPSA) is 56.7 Å². The minimum Gasteiger partial charge on any atom is -0.405 e. The molecule has 1 aromatic heterocycles. The van der Waals surface area contributed by atoms with Crippen molar-refractivity contribution in [2.24, 2.45) is 0 Å². The van der Waals surface area contributed by atoms with Gasteiger partial charge < -0.3 is 9.42 Å². The third-order valence-corrected chi connectivity index (χ3v) is 5.22. The van der Waals surface area contributed by atoms with Gasteiger partial charge in [-0.1, -0.05) is 0 Å². The van der Waals surface area contributed by atoms with Gasteiger partial charge in [0.15, 0.2) is 5.69 Å². The van der Waals surface area contributed by atoms with Crippen molar-refractivity contribution in [1.29, 1.82) is 0 Å². The Labute approximate surface area is 144 Å². The first-order valence-electron chi connectivity index (χ1n) is 7.48. The molecule has 1 rings (SSSR count). The molecule has 24 heavy (non-hydrogen) atoms. The summed E-state index contributed by atoms with van der Waals surface area (Å²) in [6, 6.07) is 0.700. The molecule has 0 spiro atoms. The molecule has 0 N–H and O–H groups in total. The van der Waals surface area contributed by atoms with Crippen LogP contribution in [0.1, 0.15) is 33.4 Å². The summed E-state index contributed by atoms with van der Waals surface area (Å²) in [5.41, 5.74) is -1.11. The van der Waals surface area contributed by atoms with E-state index in [9.17, 15) is 13.2 Å². The SMILES string of the molecule is CCOP(=S)(OCC)Oc1cc(C(F)(F)F)nc(N(CC)CC)n1. The van der Waals surface area contributed by atoms with Crippen LogP contribution in [0, 0.1) is 0 Å². The molecule has 138 valence electrons. The second kappa shape index (κ2) is 8.94. The van der Waals surface area contributed by atoms with Gasteiger partial charge in [0.25, 0.3) is 0 Å². The second-order valence-electron chi connectivity index (χ2n) is 4.44. The molecule has 0 amide bonds. The van der Waals surface area contributed by atoms with E-state index in [4.69, 9.17) is 25.4 Å². The van der Waals surface area contributed by atoms with Crippen LogP contribution in [-0.4, -0.2) is 36.3 Å². The maximum atomic E-state index is 13.1. The molecule has 0 aliphatic heterocycles. The van der Waals surface area contributed by atoms with E-state index >= 15 is 0 Å². The van der Waals surface area contributed by atoms with Gasteiger partial charge >= 0.3 is 12.9 Å². The first-order chi connectivity index (χ1) is 11.2. The lowest BCUT2D eigenvalue weighted by Gasteiger charge is -2.23. The average Bonchev–Trinajstić information content (AvgIpc) is 2.47. The normalized spacial score (nSPS) is 12.3. The van der Waals surface area contributed by atoms with Crippen molar-refractivity contribution < 1.29 is 26.7 Å². The molecule has 1 aromatic rings. The van der Waals surface area contributed by atoms with E-state index < -0.39 is 18.6 Å². The largest absolute Gasteiger partial charge is 0.433 e. The summed E-state index contributed by atoms with van der Waals surface area (Å²) in [6.45, 7) is 5.03. The first kappa shape index (κ1) is 21.1. The van der Waals surface area contributed by atoms with Crippen molar-refractivity contribution in [3.05, 3.63) is 11.8 Å². The lowest BCUT2D eigenvalue weighted by Crippen LogP contribution is -2.25. The van der Waals surface area contributed by atoms with Gasteiger partial charge in [-0.2, -0.15) is 18.2 Å². The summed E-state index contributed by atoms with van der Waals surface area (Å²) in [5.74, 6) is -0.399. The van der Waals surface area contributed by atoms with Crippen LogP contribution in [0.3, 0.4) is 0 Å². The van der Waals surface area contributed by atoms with Gasteiger partial charge in [0, 0.05) is 31.0 Å². The summed E-state index contributed by atoms with van der Waals surface area (Å²) < 4.78 is 55.3. The smallest absolute Gasteiger partial charge is 0.405 e. The van der Waals surface area contributed by atoms with Crippen molar-refractivity contribution >= 4 is 24.5 Å². The van der Waals surface area contributed by atoms with Crippen molar-refractivity contribution in [3.8, 4) is 5.88 Å². The third kappa shape index (κ3) is 5.84. The first-order valence-corrected chi connectivity index (χ1v) is 10.0. The van der Waals surface area contributed by atoms with Crippen molar-refractivity contribution in [2.45, 2.75) is 33.9 Å². The molecule has 0 aliphatic rings. The summed E-state index contributed by atoms with van der Waals surface area (Å²) >= 11 is 5.17. The maximum absolute atomic E-state index is 13.1. The molecular weight excluding hydrogens is 366 g/mol. The Hall–Kier alpha value is -0.960. The van der Waals surface area contributed by atoms with Crippen LogP contribution >= 0.6 is 6.72 Å². The van der Waals surface area contributed by atoms with Gasteiger partial charge in [0.05, 0.1) is 13.2 Å². The van der Waals surface area contributed by atoms with Crippen molar-refractivity contribution in [1.82, 2.24) is 9.97 Å². The highest BCUT2D eigenvalue weighted by molar-refractivity contribution is 8.07. The Morgan fingerprint density at radius 1 is 1.08 bits per heavy atom. The fourth-order valence-electron chi connectivity index (χ4n) is 1.77. The summed E-state index contributed by atoms with van der Waals surface area (Å²) in [7, 11) is 0. The van der Waals surface area contributed by atoms with Gasteiger partial charge in [-0.05, 0) is 27.7 Å². The van der Waals surface area contributed by atoms with Crippen molar-refractivity contribution in [2.75, 3.05) is 31.2 Å². The number of alkyl halides is 3. The van der Waals surface area contributed by atoms with Gasteiger partial charge in [-0.15, -0.1) is 0 Å². The molecule has 1 heterocycles. The van der Waals surface area contributed by atoms with E-state index in [1.165, 1.54) is 0 Å². The molecule has 0 radical (unpaired) electrons.